The highest BCUT2D eigenvalue weighted by molar-refractivity contribution is 6.33. The van der Waals surface area contributed by atoms with Crippen LogP contribution in [0.25, 0.3) is 22.2 Å². The van der Waals surface area contributed by atoms with Crippen LogP contribution < -0.4 is 0 Å². The van der Waals surface area contributed by atoms with Crippen LogP contribution in [0.3, 0.4) is 0 Å². The van der Waals surface area contributed by atoms with Crippen LogP contribution in [0.15, 0.2) is 71.1 Å². The summed E-state index contributed by atoms with van der Waals surface area (Å²) in [6.45, 7) is 0.627. The number of rotatable bonds is 3. The van der Waals surface area contributed by atoms with E-state index in [9.17, 15) is 9.18 Å². The Bertz CT molecular complexity index is 1250. The lowest BCUT2D eigenvalue weighted by molar-refractivity contribution is 0.0717. The number of amides is 1. The number of carbonyl (C=O) groups is 1. The number of halogens is 2. The first-order valence-corrected chi connectivity index (χ1v) is 10.2. The third-order valence-electron chi connectivity index (χ3n) is 5.47. The van der Waals surface area contributed by atoms with Gasteiger partial charge in [-0.3, -0.25) is 4.79 Å². The molecule has 0 radical (unpaired) electrons. The fourth-order valence-electron chi connectivity index (χ4n) is 3.99. The summed E-state index contributed by atoms with van der Waals surface area (Å²) in [4.78, 5) is 19.5. The summed E-state index contributed by atoms with van der Waals surface area (Å²) >= 11 is 6.23. The molecule has 4 aromatic rings. The summed E-state index contributed by atoms with van der Waals surface area (Å²) in [5, 5.41) is 0.436. The van der Waals surface area contributed by atoms with E-state index >= 15 is 0 Å². The van der Waals surface area contributed by atoms with Gasteiger partial charge in [-0.1, -0.05) is 41.9 Å². The number of benzene rings is 3. The number of hydrogen-bond donors (Lipinski definition) is 0. The lowest BCUT2D eigenvalue weighted by atomic mass is 10.1. The van der Waals surface area contributed by atoms with Crippen LogP contribution >= 0.6 is 11.6 Å². The topological polar surface area (TPSA) is 46.3 Å². The van der Waals surface area contributed by atoms with Crippen molar-refractivity contribution in [1.29, 1.82) is 0 Å². The predicted octanol–water partition coefficient (Wildman–Crippen LogP) is 6.26. The molecule has 0 bridgehead atoms. The Morgan fingerprint density at radius 1 is 1.07 bits per heavy atom. The Hall–Kier alpha value is -3.18. The number of aromatic nitrogens is 1. The van der Waals surface area contributed by atoms with Gasteiger partial charge in [-0.15, -0.1) is 0 Å². The van der Waals surface area contributed by atoms with Gasteiger partial charge in [-0.2, -0.15) is 0 Å². The summed E-state index contributed by atoms with van der Waals surface area (Å²) in [6.07, 6.45) is 1.65. The normalized spacial score (nSPS) is 16.3. The fourth-order valence-corrected chi connectivity index (χ4v) is 4.21. The van der Waals surface area contributed by atoms with Gasteiger partial charge in [0.1, 0.15) is 17.4 Å². The Morgan fingerprint density at radius 2 is 1.90 bits per heavy atom. The summed E-state index contributed by atoms with van der Waals surface area (Å²) in [5.41, 5.74) is 3.44. The van der Waals surface area contributed by atoms with Crippen LogP contribution in [0, 0.1) is 5.82 Å². The van der Waals surface area contributed by atoms with Crippen molar-refractivity contribution in [1.82, 2.24) is 9.88 Å². The van der Waals surface area contributed by atoms with Crippen molar-refractivity contribution in [2.45, 2.75) is 18.9 Å². The molecule has 0 spiro atoms. The van der Waals surface area contributed by atoms with Crippen LogP contribution in [0.2, 0.25) is 5.02 Å². The number of hydrogen-bond acceptors (Lipinski definition) is 3. The Labute approximate surface area is 177 Å². The summed E-state index contributed by atoms with van der Waals surface area (Å²) in [7, 11) is 0. The predicted molar refractivity (Wildman–Crippen MR) is 114 cm³/mol. The number of nitrogens with zero attached hydrogens (tertiary/aromatic N) is 2. The molecule has 3 aromatic carbocycles. The first-order valence-electron chi connectivity index (χ1n) is 9.82. The molecule has 1 fully saturated rings. The molecule has 1 aliphatic rings. The maximum atomic E-state index is 13.6. The molecule has 6 heteroatoms. The highest BCUT2D eigenvalue weighted by Crippen LogP contribution is 2.36. The van der Waals surface area contributed by atoms with Crippen molar-refractivity contribution in [2.24, 2.45) is 0 Å². The van der Waals surface area contributed by atoms with Crippen LogP contribution in [-0.2, 0) is 0 Å². The molecule has 1 aromatic heterocycles. The SMILES string of the molecule is O=C(c1ccccc1Cl)N1CCCC1c1nc2cc(-c3cccc(F)c3)ccc2o1. The second kappa shape index (κ2) is 7.58. The highest BCUT2D eigenvalue weighted by atomic mass is 35.5. The highest BCUT2D eigenvalue weighted by Gasteiger charge is 2.34. The van der Waals surface area contributed by atoms with E-state index in [1.165, 1.54) is 12.1 Å². The monoisotopic (exact) mass is 420 g/mol. The van der Waals surface area contributed by atoms with Crippen molar-refractivity contribution in [3.05, 3.63) is 89.0 Å². The summed E-state index contributed by atoms with van der Waals surface area (Å²) < 4.78 is 19.6. The fraction of sp³-hybridized carbons (Fsp3) is 0.167. The zero-order valence-electron chi connectivity index (χ0n) is 16.0. The zero-order valence-corrected chi connectivity index (χ0v) is 16.8. The first-order chi connectivity index (χ1) is 14.6. The van der Waals surface area contributed by atoms with Crippen LogP contribution in [0.4, 0.5) is 4.39 Å². The molecular weight excluding hydrogens is 403 g/mol. The van der Waals surface area contributed by atoms with Crippen molar-refractivity contribution in [3.8, 4) is 11.1 Å². The third-order valence-corrected chi connectivity index (χ3v) is 5.79. The average Bonchev–Trinajstić information content (AvgIpc) is 3.40. The van der Waals surface area contributed by atoms with Crippen molar-refractivity contribution >= 4 is 28.6 Å². The first kappa shape index (κ1) is 18.8. The van der Waals surface area contributed by atoms with Crippen LogP contribution in [-0.4, -0.2) is 22.3 Å². The lowest BCUT2D eigenvalue weighted by Crippen LogP contribution is -2.30. The minimum atomic E-state index is -0.284. The molecule has 1 saturated heterocycles. The molecule has 1 aliphatic heterocycles. The van der Waals surface area contributed by atoms with E-state index in [1.807, 2.05) is 24.3 Å². The third kappa shape index (κ3) is 3.35. The second-order valence-electron chi connectivity index (χ2n) is 7.38. The molecule has 0 saturated carbocycles. The second-order valence-corrected chi connectivity index (χ2v) is 7.79. The minimum absolute atomic E-state index is 0.120. The lowest BCUT2D eigenvalue weighted by Gasteiger charge is -2.22. The smallest absolute Gasteiger partial charge is 0.256 e. The molecule has 2 heterocycles. The summed E-state index contributed by atoms with van der Waals surface area (Å²) in [6, 6.07) is 18.9. The van der Waals surface area contributed by atoms with Crippen LogP contribution in [0.5, 0.6) is 0 Å². The van der Waals surface area contributed by atoms with Gasteiger partial charge in [0, 0.05) is 6.54 Å². The van der Waals surface area contributed by atoms with E-state index in [1.54, 1.807) is 35.2 Å². The maximum absolute atomic E-state index is 13.6. The Morgan fingerprint density at radius 3 is 2.73 bits per heavy atom. The van der Waals surface area contributed by atoms with E-state index in [4.69, 9.17) is 16.0 Å². The van der Waals surface area contributed by atoms with Gasteiger partial charge in [0.25, 0.3) is 5.91 Å². The molecular formula is C24H18ClFN2O2. The molecule has 1 unspecified atom stereocenters. The molecule has 0 N–H and O–H groups in total. The van der Waals surface area contributed by atoms with Crippen molar-refractivity contribution in [3.63, 3.8) is 0 Å². The maximum Gasteiger partial charge on any atom is 0.256 e. The molecule has 1 amide bonds. The van der Waals surface area contributed by atoms with Gasteiger partial charge >= 0.3 is 0 Å². The Balaban J connectivity index is 1.48. The van der Waals surface area contributed by atoms with Gasteiger partial charge in [0.15, 0.2) is 5.58 Å². The molecule has 30 heavy (non-hydrogen) atoms. The Kier molecular flexibility index (Phi) is 4.75. The molecule has 150 valence electrons. The van der Waals surface area contributed by atoms with Gasteiger partial charge in [-0.25, -0.2) is 9.37 Å². The standard InChI is InChI=1S/C24H18ClFN2O2/c25-19-8-2-1-7-18(19)24(29)28-12-4-9-21(28)23-27-20-14-16(10-11-22(20)30-23)15-5-3-6-17(26)13-15/h1-3,5-8,10-11,13-14,21H,4,9,12H2. The van der Waals surface area contributed by atoms with Crippen molar-refractivity contribution in [2.75, 3.05) is 6.54 Å². The van der Waals surface area contributed by atoms with E-state index in [0.717, 1.165) is 24.0 Å². The van der Waals surface area contributed by atoms with E-state index in [0.29, 0.717) is 34.1 Å². The number of carbonyl (C=O) groups excluding carboxylic acids is 1. The van der Waals surface area contributed by atoms with Gasteiger partial charge in [0.05, 0.1) is 10.6 Å². The van der Waals surface area contributed by atoms with E-state index in [2.05, 4.69) is 4.98 Å². The minimum Gasteiger partial charge on any atom is -0.438 e. The van der Waals surface area contributed by atoms with Gasteiger partial charge < -0.3 is 9.32 Å². The molecule has 0 aliphatic carbocycles. The van der Waals surface area contributed by atoms with Gasteiger partial charge in [-0.05, 0) is 60.4 Å². The van der Waals surface area contributed by atoms with Gasteiger partial charge in [0.2, 0.25) is 5.89 Å². The largest absolute Gasteiger partial charge is 0.438 e. The number of likely N-dealkylation sites (tertiary alicyclic amines) is 1. The van der Waals surface area contributed by atoms with E-state index < -0.39 is 0 Å². The van der Waals surface area contributed by atoms with Crippen LogP contribution in [0.1, 0.15) is 35.1 Å². The average molecular weight is 421 g/mol. The quantitative estimate of drug-likeness (QED) is 0.392. The molecule has 1 atom stereocenters. The number of fused-ring (bicyclic) bond motifs is 1. The zero-order chi connectivity index (χ0) is 20.7. The molecule has 5 rings (SSSR count). The summed E-state index contributed by atoms with van der Waals surface area (Å²) in [5.74, 6) is 0.109. The van der Waals surface area contributed by atoms with Crippen molar-refractivity contribution < 1.29 is 13.6 Å². The number of oxazole rings is 1. The molecule has 4 nitrogen and oxygen atoms in total. The van der Waals surface area contributed by atoms with E-state index in [-0.39, 0.29) is 17.8 Å².